The average Bonchev–Trinajstić information content (AvgIpc) is 3.21. The minimum absolute atomic E-state index is 0.0571. The average molecular weight is 392 g/mol. The summed E-state index contributed by atoms with van der Waals surface area (Å²) in [4.78, 5) is 38.3. The molecule has 0 spiro atoms. The number of nitrogens with zero attached hydrogens (tertiary/aromatic N) is 4. The molecule has 4 aromatic rings. The van der Waals surface area contributed by atoms with Gasteiger partial charge in [0, 0.05) is 44.0 Å². The summed E-state index contributed by atoms with van der Waals surface area (Å²) in [5, 5.41) is 1.32. The van der Waals surface area contributed by atoms with Gasteiger partial charge in [-0.05, 0) is 24.3 Å². The zero-order valence-corrected chi connectivity index (χ0v) is 15.7. The molecule has 0 aliphatic carbocycles. The predicted molar refractivity (Wildman–Crippen MR) is 108 cm³/mol. The zero-order chi connectivity index (χ0) is 19.1. The molecule has 1 aliphatic heterocycles. The molecule has 28 heavy (non-hydrogen) atoms. The Hall–Kier alpha value is -3.26. The van der Waals surface area contributed by atoms with Gasteiger partial charge in [-0.1, -0.05) is 12.1 Å². The minimum Gasteiger partial charge on any atom is -0.422 e. The third-order valence-corrected chi connectivity index (χ3v) is 6.06. The van der Waals surface area contributed by atoms with Crippen LogP contribution in [0.4, 0.5) is 5.95 Å². The molecule has 140 valence electrons. The Morgan fingerprint density at radius 2 is 1.75 bits per heavy atom. The summed E-state index contributed by atoms with van der Waals surface area (Å²) >= 11 is 1.35. The van der Waals surface area contributed by atoms with Gasteiger partial charge >= 0.3 is 5.63 Å². The fraction of sp³-hybridized carbons (Fsp3) is 0.200. The van der Waals surface area contributed by atoms with Crippen LogP contribution in [-0.2, 0) is 0 Å². The first kappa shape index (κ1) is 16.9. The first-order valence-corrected chi connectivity index (χ1v) is 9.79. The standard InChI is InChI=1S/C20H16N4O3S/c25-18(23-8-10-24(11-9-23)20-21-6-3-7-22-20)16-12-14-17(28-16)13-4-1-2-5-15(13)27-19(14)26/h1-7,12H,8-11H2. The Kier molecular flexibility index (Phi) is 4.05. The van der Waals surface area contributed by atoms with Crippen molar-refractivity contribution in [1.29, 1.82) is 0 Å². The van der Waals surface area contributed by atoms with Gasteiger partial charge in [0.2, 0.25) is 5.95 Å². The molecular formula is C20H16N4O3S. The van der Waals surface area contributed by atoms with Crippen molar-refractivity contribution in [3.8, 4) is 0 Å². The minimum atomic E-state index is -0.407. The number of amides is 1. The van der Waals surface area contributed by atoms with E-state index in [0.29, 0.717) is 48.0 Å². The monoisotopic (exact) mass is 392 g/mol. The molecule has 0 saturated carbocycles. The normalized spacial score (nSPS) is 14.7. The number of carbonyl (C=O) groups is 1. The number of carbonyl (C=O) groups excluding carboxylic acids is 1. The molecule has 3 aromatic heterocycles. The van der Waals surface area contributed by atoms with Gasteiger partial charge in [0.15, 0.2) is 0 Å². The van der Waals surface area contributed by atoms with Crippen LogP contribution in [0.5, 0.6) is 0 Å². The van der Waals surface area contributed by atoms with Crippen molar-refractivity contribution >= 4 is 44.2 Å². The van der Waals surface area contributed by atoms with E-state index in [9.17, 15) is 9.59 Å². The van der Waals surface area contributed by atoms with Crippen LogP contribution in [0.25, 0.3) is 21.1 Å². The lowest BCUT2D eigenvalue weighted by molar-refractivity contribution is 0.0751. The summed E-state index contributed by atoms with van der Waals surface area (Å²) < 4.78 is 6.18. The Morgan fingerprint density at radius 1 is 1.00 bits per heavy atom. The molecule has 0 radical (unpaired) electrons. The van der Waals surface area contributed by atoms with Crippen LogP contribution in [0.3, 0.4) is 0 Å². The maximum absolute atomic E-state index is 13.0. The Morgan fingerprint density at radius 3 is 2.54 bits per heavy atom. The first-order valence-electron chi connectivity index (χ1n) is 8.97. The Labute approximate surface area is 163 Å². The van der Waals surface area contributed by atoms with Crippen LogP contribution in [0.2, 0.25) is 0 Å². The Balaban J connectivity index is 1.42. The van der Waals surface area contributed by atoms with Crippen molar-refractivity contribution in [2.45, 2.75) is 0 Å². The molecule has 0 atom stereocenters. The van der Waals surface area contributed by atoms with Crippen molar-refractivity contribution in [3.63, 3.8) is 0 Å². The smallest absolute Gasteiger partial charge is 0.345 e. The van der Waals surface area contributed by atoms with Crippen LogP contribution in [0.15, 0.2) is 58.0 Å². The lowest BCUT2D eigenvalue weighted by atomic mass is 10.2. The van der Waals surface area contributed by atoms with E-state index >= 15 is 0 Å². The van der Waals surface area contributed by atoms with Gasteiger partial charge in [0.1, 0.15) is 5.58 Å². The summed E-state index contributed by atoms with van der Waals surface area (Å²) in [6.07, 6.45) is 3.43. The lowest BCUT2D eigenvalue weighted by Gasteiger charge is -2.34. The topological polar surface area (TPSA) is 79.5 Å². The number of thiophene rings is 1. The van der Waals surface area contributed by atoms with Crippen molar-refractivity contribution in [2.24, 2.45) is 0 Å². The van der Waals surface area contributed by atoms with Crippen LogP contribution < -0.4 is 10.5 Å². The number of para-hydroxylation sites is 1. The highest BCUT2D eigenvalue weighted by atomic mass is 32.1. The quantitative estimate of drug-likeness (QED) is 0.488. The molecule has 5 rings (SSSR count). The predicted octanol–water partition coefficient (Wildman–Crippen LogP) is 2.76. The van der Waals surface area contributed by atoms with Gasteiger partial charge in [0.25, 0.3) is 5.91 Å². The summed E-state index contributed by atoms with van der Waals surface area (Å²) in [6.45, 7) is 2.51. The fourth-order valence-corrected chi connectivity index (χ4v) is 4.61. The van der Waals surface area contributed by atoms with Crippen LogP contribution in [0.1, 0.15) is 9.67 Å². The third kappa shape index (κ3) is 2.82. The summed E-state index contributed by atoms with van der Waals surface area (Å²) in [5.74, 6) is 0.624. The second-order valence-corrected chi connectivity index (χ2v) is 7.62. The van der Waals surface area contributed by atoms with Gasteiger partial charge in [-0.2, -0.15) is 0 Å². The molecular weight excluding hydrogens is 376 g/mol. The number of aromatic nitrogens is 2. The third-order valence-electron chi connectivity index (χ3n) is 4.90. The maximum Gasteiger partial charge on any atom is 0.345 e. The van der Waals surface area contributed by atoms with Gasteiger partial charge in [-0.3, -0.25) is 4.79 Å². The molecule has 0 bridgehead atoms. The van der Waals surface area contributed by atoms with E-state index in [-0.39, 0.29) is 5.91 Å². The fourth-order valence-electron chi connectivity index (χ4n) is 3.47. The second kappa shape index (κ2) is 6.72. The summed E-state index contributed by atoms with van der Waals surface area (Å²) in [5.41, 5.74) is 0.132. The van der Waals surface area contributed by atoms with Gasteiger partial charge in [0.05, 0.1) is 15.0 Å². The Bertz CT molecular complexity index is 1230. The first-order chi connectivity index (χ1) is 13.7. The zero-order valence-electron chi connectivity index (χ0n) is 14.9. The van der Waals surface area contributed by atoms with Crippen molar-refractivity contribution in [3.05, 3.63) is 64.1 Å². The maximum atomic E-state index is 13.0. The molecule has 1 amide bonds. The number of rotatable bonds is 2. The van der Waals surface area contributed by atoms with E-state index in [4.69, 9.17) is 4.42 Å². The molecule has 1 fully saturated rings. The van der Waals surface area contributed by atoms with Crippen molar-refractivity contribution in [2.75, 3.05) is 31.1 Å². The molecule has 0 N–H and O–H groups in total. The van der Waals surface area contributed by atoms with Gasteiger partial charge in [-0.15, -0.1) is 11.3 Å². The summed E-state index contributed by atoms with van der Waals surface area (Å²) in [7, 11) is 0. The molecule has 8 heteroatoms. The van der Waals surface area contributed by atoms with Crippen molar-refractivity contribution in [1.82, 2.24) is 14.9 Å². The van der Waals surface area contributed by atoms with E-state index in [1.807, 2.05) is 23.1 Å². The second-order valence-electron chi connectivity index (χ2n) is 6.57. The molecule has 0 unspecified atom stereocenters. The van der Waals surface area contributed by atoms with Gasteiger partial charge < -0.3 is 14.2 Å². The number of hydrogen-bond donors (Lipinski definition) is 0. The summed E-state index contributed by atoms with van der Waals surface area (Å²) in [6, 6.07) is 10.8. The number of fused-ring (bicyclic) bond motifs is 3. The number of hydrogen-bond acceptors (Lipinski definition) is 7. The lowest BCUT2D eigenvalue weighted by Crippen LogP contribution is -2.49. The number of benzene rings is 1. The molecule has 7 nitrogen and oxygen atoms in total. The highest BCUT2D eigenvalue weighted by molar-refractivity contribution is 7.21. The molecule has 1 saturated heterocycles. The van der Waals surface area contributed by atoms with Gasteiger partial charge in [-0.25, -0.2) is 14.8 Å². The van der Waals surface area contributed by atoms with Crippen LogP contribution in [0, 0.1) is 0 Å². The van der Waals surface area contributed by atoms with E-state index < -0.39 is 5.63 Å². The van der Waals surface area contributed by atoms with E-state index in [1.165, 1.54) is 11.3 Å². The van der Waals surface area contributed by atoms with E-state index in [2.05, 4.69) is 14.9 Å². The number of piperazine rings is 1. The molecule has 1 aromatic carbocycles. The van der Waals surface area contributed by atoms with E-state index in [0.717, 1.165) is 10.1 Å². The van der Waals surface area contributed by atoms with Crippen LogP contribution >= 0.6 is 11.3 Å². The van der Waals surface area contributed by atoms with Crippen LogP contribution in [-0.4, -0.2) is 47.0 Å². The SMILES string of the molecule is O=C(c1cc2c(=O)oc3ccccc3c2s1)N1CCN(c2ncccn2)CC1. The number of anilines is 1. The van der Waals surface area contributed by atoms with Crippen molar-refractivity contribution < 1.29 is 9.21 Å². The largest absolute Gasteiger partial charge is 0.422 e. The highest BCUT2D eigenvalue weighted by Gasteiger charge is 2.25. The molecule has 4 heterocycles. The highest BCUT2D eigenvalue weighted by Crippen LogP contribution is 2.31. The van der Waals surface area contributed by atoms with E-state index in [1.54, 1.807) is 30.6 Å². The molecule has 1 aliphatic rings.